The lowest BCUT2D eigenvalue weighted by Gasteiger charge is -2.18. The molecule has 46 heavy (non-hydrogen) atoms. The average Bonchev–Trinajstić information content (AvgIpc) is 3.02. The molecule has 0 saturated heterocycles. The Bertz CT molecular complexity index is 2250. The molecule has 0 saturated carbocycles. The maximum Gasteiger partial charge on any atom is 0.260 e. The number of hydrogen-bond donors (Lipinski definition) is 1. The number of fused-ring (bicyclic) bond motifs is 6. The smallest absolute Gasteiger partial charge is 0.260 e. The van der Waals surface area contributed by atoms with Gasteiger partial charge >= 0.3 is 0 Å². The largest absolute Gasteiger partial charge is 0.493 e. The summed E-state index contributed by atoms with van der Waals surface area (Å²) in [5.41, 5.74) is 9.13. The van der Waals surface area contributed by atoms with Crippen LogP contribution in [0, 0.1) is 23.3 Å². The van der Waals surface area contributed by atoms with Crippen LogP contribution in [0.2, 0.25) is 5.02 Å². The molecule has 0 aliphatic carbocycles. The molecule has 1 atom stereocenters. The molecule has 0 unspecified atom stereocenters. The topological polar surface area (TPSA) is 114 Å². The highest BCUT2D eigenvalue weighted by atomic mass is 127. The zero-order valence-corrected chi connectivity index (χ0v) is 29.9. The van der Waals surface area contributed by atoms with Gasteiger partial charge in [0.1, 0.15) is 6.61 Å². The van der Waals surface area contributed by atoms with Gasteiger partial charge in [-0.15, -0.1) is 0 Å². The molecule has 0 spiro atoms. The van der Waals surface area contributed by atoms with Crippen molar-refractivity contribution in [2.24, 2.45) is 25.7 Å². The molecule has 240 valence electrons. The van der Waals surface area contributed by atoms with Crippen molar-refractivity contribution in [2.75, 3.05) is 13.7 Å². The zero-order valence-electron chi connectivity index (χ0n) is 26.9. The summed E-state index contributed by atoms with van der Waals surface area (Å²) >= 11 is 8.36. The molecular formula is C35H37ClIN5O4. The number of pyridine rings is 4. The van der Waals surface area contributed by atoms with Crippen molar-refractivity contribution in [3.8, 4) is 11.5 Å². The molecule has 4 aromatic heterocycles. The fourth-order valence-electron chi connectivity index (χ4n) is 5.89. The van der Waals surface area contributed by atoms with Gasteiger partial charge < -0.3 is 24.3 Å². The van der Waals surface area contributed by atoms with Crippen molar-refractivity contribution in [1.82, 2.24) is 19.1 Å². The summed E-state index contributed by atoms with van der Waals surface area (Å²) in [5.74, 6) is 1.71. The number of benzene rings is 2. The lowest BCUT2D eigenvalue weighted by atomic mass is 10.0. The molecule has 6 aromatic rings. The zero-order chi connectivity index (χ0) is 33.4. The second-order valence-corrected chi connectivity index (χ2v) is 13.4. The monoisotopic (exact) mass is 753 g/mol. The number of nitrogens with two attached hydrogens (primary N) is 1. The molecule has 0 radical (unpaired) electrons. The Hall–Kier alpha value is -3.74. The predicted molar refractivity (Wildman–Crippen MR) is 196 cm³/mol. The first-order valence-corrected chi connectivity index (χ1v) is 16.4. The summed E-state index contributed by atoms with van der Waals surface area (Å²) in [6.45, 7) is 8.36. The van der Waals surface area contributed by atoms with E-state index in [1.165, 1.54) is 0 Å². The SMILES string of the molecule is COc1cc2c3ccnc(C)c3c(=O)n(C)c2cc1OC[C@@H](N)CC(C)C.Cc1nccc2c1c(=O)n(C)c1cc(Cl)c(I)cc21. The van der Waals surface area contributed by atoms with Crippen LogP contribution in [0.5, 0.6) is 11.5 Å². The fourth-order valence-corrected chi connectivity index (χ4v) is 6.52. The summed E-state index contributed by atoms with van der Waals surface area (Å²) in [4.78, 5) is 33.8. The number of nitrogens with zero attached hydrogens (tertiary/aromatic N) is 4. The minimum Gasteiger partial charge on any atom is -0.493 e. The molecule has 6 rings (SSSR count). The van der Waals surface area contributed by atoms with E-state index in [9.17, 15) is 9.59 Å². The van der Waals surface area contributed by atoms with Gasteiger partial charge in [0.25, 0.3) is 11.1 Å². The highest BCUT2D eigenvalue weighted by molar-refractivity contribution is 14.1. The quantitative estimate of drug-likeness (QED) is 0.147. The summed E-state index contributed by atoms with van der Waals surface area (Å²) < 4.78 is 15.7. The molecule has 2 N–H and O–H groups in total. The molecule has 0 fully saturated rings. The lowest BCUT2D eigenvalue weighted by molar-refractivity contribution is 0.258. The van der Waals surface area contributed by atoms with E-state index >= 15 is 0 Å². The van der Waals surface area contributed by atoms with Crippen molar-refractivity contribution >= 4 is 77.5 Å². The number of hydrogen-bond acceptors (Lipinski definition) is 7. The van der Waals surface area contributed by atoms with Gasteiger partial charge in [-0.3, -0.25) is 19.6 Å². The van der Waals surface area contributed by atoms with Gasteiger partial charge in [0, 0.05) is 58.3 Å². The molecule has 0 aliphatic heterocycles. The van der Waals surface area contributed by atoms with E-state index in [2.05, 4.69) is 46.4 Å². The van der Waals surface area contributed by atoms with E-state index in [-0.39, 0.29) is 17.2 Å². The van der Waals surface area contributed by atoms with E-state index < -0.39 is 0 Å². The van der Waals surface area contributed by atoms with Crippen LogP contribution in [0.25, 0.3) is 43.4 Å². The summed E-state index contributed by atoms with van der Waals surface area (Å²) in [6.07, 6.45) is 4.34. The standard InChI is InChI=1S/C21H27N3O3.C14H10ClIN2O/c1-12(2)8-14(22)11-27-19-10-17-16(9-18(19)26-5)15-6-7-23-13(3)20(15)21(25)24(17)4;1-7-13-8(3-4-17-7)9-5-11(16)10(15)6-12(9)18(2)14(13)19/h6-7,9-10,12,14H,8,11,22H2,1-5H3;3-6H,1-2H3/t14-;/m0./s1. The van der Waals surface area contributed by atoms with Crippen LogP contribution < -0.4 is 26.3 Å². The Morgan fingerprint density at radius 3 is 1.89 bits per heavy atom. The maximum atomic E-state index is 12.8. The van der Waals surface area contributed by atoms with Gasteiger partial charge in [0.2, 0.25) is 0 Å². The van der Waals surface area contributed by atoms with Crippen molar-refractivity contribution in [3.63, 3.8) is 0 Å². The van der Waals surface area contributed by atoms with Gasteiger partial charge in [-0.25, -0.2) is 0 Å². The molecular weight excluding hydrogens is 717 g/mol. The van der Waals surface area contributed by atoms with E-state index in [4.69, 9.17) is 26.8 Å². The molecule has 2 aromatic carbocycles. The molecule has 4 heterocycles. The fraction of sp³-hybridized carbons (Fsp3) is 0.314. The van der Waals surface area contributed by atoms with Gasteiger partial charge in [-0.1, -0.05) is 25.4 Å². The maximum absolute atomic E-state index is 12.8. The first-order valence-electron chi connectivity index (χ1n) is 14.9. The van der Waals surface area contributed by atoms with Crippen molar-refractivity contribution in [2.45, 2.75) is 40.2 Å². The van der Waals surface area contributed by atoms with Gasteiger partial charge in [0.15, 0.2) is 11.5 Å². The molecule has 0 bridgehead atoms. The average molecular weight is 754 g/mol. The van der Waals surface area contributed by atoms with E-state index in [0.717, 1.165) is 48.3 Å². The highest BCUT2D eigenvalue weighted by Crippen LogP contribution is 2.35. The second kappa shape index (κ2) is 13.5. The molecule has 9 nitrogen and oxygen atoms in total. The van der Waals surface area contributed by atoms with Crippen molar-refractivity contribution < 1.29 is 9.47 Å². The number of aryl methyl sites for hydroxylation is 4. The third kappa shape index (κ3) is 6.30. The first kappa shape index (κ1) is 33.6. The van der Waals surface area contributed by atoms with Gasteiger partial charge in [0.05, 0.1) is 45.3 Å². The van der Waals surface area contributed by atoms with Crippen LogP contribution in [0.15, 0.2) is 58.4 Å². The van der Waals surface area contributed by atoms with Crippen LogP contribution in [-0.2, 0) is 14.1 Å². The Morgan fingerprint density at radius 1 is 0.848 bits per heavy atom. The molecule has 11 heteroatoms. The Kier molecular flexibility index (Phi) is 9.90. The number of methoxy groups -OCH3 is 1. The minimum absolute atomic E-state index is 0.0367. The van der Waals surface area contributed by atoms with E-state index in [0.29, 0.717) is 45.5 Å². The van der Waals surface area contributed by atoms with E-state index in [1.54, 1.807) is 42.7 Å². The Morgan fingerprint density at radius 2 is 1.37 bits per heavy atom. The van der Waals surface area contributed by atoms with Crippen LogP contribution in [0.1, 0.15) is 31.7 Å². The minimum atomic E-state index is -0.0734. The normalized spacial score (nSPS) is 12.2. The van der Waals surface area contributed by atoms with Crippen molar-refractivity contribution in [1.29, 1.82) is 0 Å². The number of aromatic nitrogens is 4. The molecule has 0 aliphatic rings. The van der Waals surface area contributed by atoms with Crippen LogP contribution in [0.3, 0.4) is 0 Å². The predicted octanol–water partition coefficient (Wildman–Crippen LogP) is 6.81. The number of rotatable bonds is 6. The van der Waals surface area contributed by atoms with Gasteiger partial charge in [-0.05, 0) is 84.5 Å². The highest BCUT2D eigenvalue weighted by Gasteiger charge is 2.17. The van der Waals surface area contributed by atoms with Crippen LogP contribution in [0.4, 0.5) is 0 Å². The summed E-state index contributed by atoms with van der Waals surface area (Å²) in [5, 5.41) is 5.71. The summed E-state index contributed by atoms with van der Waals surface area (Å²) in [7, 11) is 5.13. The first-order chi connectivity index (χ1) is 21.8. The van der Waals surface area contributed by atoms with E-state index in [1.807, 2.05) is 50.2 Å². The Labute approximate surface area is 285 Å². The second-order valence-electron chi connectivity index (χ2n) is 11.9. The Balaban J connectivity index is 0.000000192. The number of ether oxygens (including phenoxy) is 2. The summed E-state index contributed by atoms with van der Waals surface area (Å²) in [6, 6.07) is 11.3. The van der Waals surface area contributed by atoms with Crippen molar-refractivity contribution in [3.05, 3.63) is 89.5 Å². The molecule has 0 amide bonds. The van der Waals surface area contributed by atoms with Crippen LogP contribution >= 0.6 is 34.2 Å². The van der Waals surface area contributed by atoms with Crippen LogP contribution in [-0.4, -0.2) is 38.9 Å². The third-order valence-corrected chi connectivity index (χ3v) is 9.69. The lowest BCUT2D eigenvalue weighted by Crippen LogP contribution is -2.29. The number of halogens is 2. The van der Waals surface area contributed by atoms with Gasteiger partial charge in [-0.2, -0.15) is 0 Å². The third-order valence-electron chi connectivity index (χ3n) is 8.17.